The van der Waals surface area contributed by atoms with Crippen LogP contribution < -0.4 is 16.0 Å². The molecule has 26 heavy (non-hydrogen) atoms. The Balaban J connectivity index is 1.88. The van der Waals surface area contributed by atoms with Crippen molar-refractivity contribution >= 4 is 17.6 Å². The molecule has 0 saturated carbocycles. The van der Waals surface area contributed by atoms with Crippen molar-refractivity contribution in [1.82, 2.24) is 10.6 Å². The third kappa shape index (κ3) is 6.04. The van der Waals surface area contributed by atoms with E-state index < -0.39 is 0 Å². The van der Waals surface area contributed by atoms with E-state index in [0.29, 0.717) is 18.9 Å². The topological polar surface area (TPSA) is 65.5 Å². The summed E-state index contributed by atoms with van der Waals surface area (Å²) < 4.78 is 0. The Kier molecular flexibility index (Phi) is 8.45. The second-order valence-electron chi connectivity index (χ2n) is 7.17. The monoisotopic (exact) mass is 358 g/mol. The van der Waals surface area contributed by atoms with Crippen LogP contribution in [0.15, 0.2) is 29.3 Å². The summed E-state index contributed by atoms with van der Waals surface area (Å²) in [6.07, 6.45) is 6.78. The molecule has 1 aliphatic rings. The normalized spacial score (nSPS) is 18.0. The number of carbonyl (C=O) groups is 1. The number of guanidine groups is 1. The lowest BCUT2D eigenvalue weighted by atomic mass is 9.90. The van der Waals surface area contributed by atoms with Gasteiger partial charge in [0.2, 0.25) is 5.91 Å². The highest BCUT2D eigenvalue weighted by Gasteiger charge is 2.24. The van der Waals surface area contributed by atoms with Gasteiger partial charge >= 0.3 is 0 Å². The molecule has 1 heterocycles. The molecule has 5 nitrogen and oxygen atoms in total. The quantitative estimate of drug-likeness (QED) is 0.463. The molecule has 3 N–H and O–H groups in total. The van der Waals surface area contributed by atoms with Gasteiger partial charge in [-0.2, -0.15) is 0 Å². The zero-order valence-corrected chi connectivity index (χ0v) is 16.5. The van der Waals surface area contributed by atoms with E-state index in [-0.39, 0.29) is 11.8 Å². The van der Waals surface area contributed by atoms with Crippen molar-refractivity contribution in [1.29, 1.82) is 0 Å². The lowest BCUT2D eigenvalue weighted by Gasteiger charge is -2.26. The van der Waals surface area contributed by atoms with Crippen molar-refractivity contribution in [2.45, 2.75) is 58.3 Å². The maximum absolute atomic E-state index is 12.0. The summed E-state index contributed by atoms with van der Waals surface area (Å²) in [6.45, 7) is 6.15. The van der Waals surface area contributed by atoms with Gasteiger partial charge in [-0.3, -0.25) is 9.79 Å². The fourth-order valence-electron chi connectivity index (χ4n) is 3.61. The molecule has 0 aliphatic carbocycles. The first kappa shape index (κ1) is 20.3. The summed E-state index contributed by atoms with van der Waals surface area (Å²) in [5.74, 6) is 1.77. The molecule has 2 atom stereocenters. The van der Waals surface area contributed by atoms with E-state index in [0.717, 1.165) is 18.2 Å². The summed E-state index contributed by atoms with van der Waals surface area (Å²) in [6, 6.07) is 8.05. The Hall–Kier alpha value is -2.04. The van der Waals surface area contributed by atoms with Crippen molar-refractivity contribution in [3.63, 3.8) is 0 Å². The van der Waals surface area contributed by atoms with Gasteiger partial charge in [0.05, 0.1) is 0 Å². The van der Waals surface area contributed by atoms with Crippen LogP contribution in [-0.4, -0.2) is 32.0 Å². The number of amides is 1. The Morgan fingerprint density at radius 2 is 2.04 bits per heavy atom. The molecule has 1 aliphatic heterocycles. The van der Waals surface area contributed by atoms with E-state index >= 15 is 0 Å². The number of nitrogens with zero attached hydrogens (tertiary/aromatic N) is 1. The van der Waals surface area contributed by atoms with Gasteiger partial charge in [0.25, 0.3) is 0 Å². The molecule has 1 aromatic carbocycles. The number of carbonyl (C=O) groups excluding carboxylic acids is 1. The number of aliphatic imine (C=N–C) groups is 1. The van der Waals surface area contributed by atoms with Gasteiger partial charge in [0.1, 0.15) is 0 Å². The van der Waals surface area contributed by atoms with Gasteiger partial charge in [0.15, 0.2) is 5.96 Å². The number of hydrogen-bond donors (Lipinski definition) is 3. The molecule has 2 unspecified atom stereocenters. The molecule has 0 bridgehead atoms. The third-order valence-corrected chi connectivity index (χ3v) is 5.07. The predicted octanol–water partition coefficient (Wildman–Crippen LogP) is 3.88. The summed E-state index contributed by atoms with van der Waals surface area (Å²) >= 11 is 0. The van der Waals surface area contributed by atoms with E-state index in [1.165, 1.54) is 37.7 Å². The molecule has 144 valence electrons. The minimum absolute atomic E-state index is 0.0843. The second-order valence-corrected chi connectivity index (χ2v) is 7.17. The number of hydrogen-bond acceptors (Lipinski definition) is 2. The lowest BCUT2D eigenvalue weighted by molar-refractivity contribution is -0.116. The second kappa shape index (κ2) is 10.8. The van der Waals surface area contributed by atoms with Crippen LogP contribution in [0.1, 0.15) is 63.9 Å². The number of anilines is 1. The summed E-state index contributed by atoms with van der Waals surface area (Å²) in [5, 5.41) is 9.84. The fraction of sp³-hybridized carbons (Fsp3) is 0.619. The summed E-state index contributed by atoms with van der Waals surface area (Å²) in [4.78, 5) is 16.3. The maximum Gasteiger partial charge on any atom is 0.225 e. The molecule has 0 spiro atoms. The molecule has 5 heteroatoms. The number of benzene rings is 1. The van der Waals surface area contributed by atoms with Gasteiger partial charge < -0.3 is 16.0 Å². The van der Waals surface area contributed by atoms with E-state index in [1.54, 1.807) is 7.05 Å². The molecule has 2 rings (SSSR count). The van der Waals surface area contributed by atoms with Crippen molar-refractivity contribution in [2.75, 3.05) is 25.5 Å². The van der Waals surface area contributed by atoms with E-state index in [2.05, 4.69) is 40.9 Å². The zero-order chi connectivity index (χ0) is 18.8. The first-order chi connectivity index (χ1) is 12.7. The average molecular weight is 359 g/mol. The van der Waals surface area contributed by atoms with Gasteiger partial charge in [0, 0.05) is 38.2 Å². The minimum Gasteiger partial charge on any atom is -0.356 e. The maximum atomic E-state index is 12.0. The van der Waals surface area contributed by atoms with Crippen molar-refractivity contribution in [3.8, 4) is 0 Å². The third-order valence-electron chi connectivity index (χ3n) is 5.07. The highest BCUT2D eigenvalue weighted by molar-refractivity contribution is 5.94. The van der Waals surface area contributed by atoms with E-state index in [9.17, 15) is 4.79 Å². The average Bonchev–Trinajstić information content (AvgIpc) is 2.65. The molecule has 0 aromatic heterocycles. The van der Waals surface area contributed by atoms with Gasteiger partial charge in [-0.25, -0.2) is 0 Å². The molecule has 0 saturated heterocycles. The van der Waals surface area contributed by atoms with Gasteiger partial charge in [-0.05, 0) is 30.4 Å². The van der Waals surface area contributed by atoms with Crippen LogP contribution in [0.3, 0.4) is 0 Å². The standard InChI is InChI=1S/C21H34N4O/c1-4-6-10-16(9-5-2)14-23-21(22-3)24-15-17-13-20(26)25-19-12-8-7-11-18(17)19/h7-8,11-12,16-17H,4-6,9-10,13-15H2,1-3H3,(H,25,26)(H2,22,23,24). The van der Waals surface area contributed by atoms with Crippen LogP contribution in [0.2, 0.25) is 0 Å². The number of fused-ring (bicyclic) bond motifs is 1. The van der Waals surface area contributed by atoms with Crippen LogP contribution in [0.4, 0.5) is 5.69 Å². The number of unbranched alkanes of at least 4 members (excludes halogenated alkanes) is 1. The largest absolute Gasteiger partial charge is 0.356 e. The number of para-hydroxylation sites is 1. The summed E-state index contributed by atoms with van der Waals surface area (Å²) in [7, 11) is 1.80. The zero-order valence-electron chi connectivity index (χ0n) is 16.5. The van der Waals surface area contributed by atoms with Crippen molar-refractivity contribution in [3.05, 3.63) is 29.8 Å². The molecule has 1 aromatic rings. The van der Waals surface area contributed by atoms with Crippen molar-refractivity contribution < 1.29 is 4.79 Å². The van der Waals surface area contributed by atoms with Gasteiger partial charge in [-0.1, -0.05) is 51.3 Å². The van der Waals surface area contributed by atoms with Crippen LogP contribution >= 0.6 is 0 Å². The minimum atomic E-state index is 0.0843. The number of nitrogens with one attached hydrogen (secondary N) is 3. The smallest absolute Gasteiger partial charge is 0.225 e. The SMILES string of the molecule is CCCCC(CCC)CNC(=NC)NCC1CC(=O)Nc2ccccc21. The fourth-order valence-corrected chi connectivity index (χ4v) is 3.61. The molecule has 0 fully saturated rings. The highest BCUT2D eigenvalue weighted by atomic mass is 16.1. The van der Waals surface area contributed by atoms with Crippen LogP contribution in [0.25, 0.3) is 0 Å². The molecular formula is C21H34N4O. The highest BCUT2D eigenvalue weighted by Crippen LogP contribution is 2.31. The van der Waals surface area contributed by atoms with E-state index in [4.69, 9.17) is 0 Å². The van der Waals surface area contributed by atoms with Crippen LogP contribution in [0, 0.1) is 5.92 Å². The predicted molar refractivity (Wildman–Crippen MR) is 110 cm³/mol. The molecule has 0 radical (unpaired) electrons. The first-order valence-electron chi connectivity index (χ1n) is 10.0. The van der Waals surface area contributed by atoms with E-state index in [1.807, 2.05) is 18.2 Å². The summed E-state index contributed by atoms with van der Waals surface area (Å²) in [5.41, 5.74) is 2.13. The van der Waals surface area contributed by atoms with Crippen molar-refractivity contribution in [2.24, 2.45) is 10.9 Å². The Labute approximate surface area is 158 Å². The van der Waals surface area contributed by atoms with Crippen LogP contribution in [-0.2, 0) is 4.79 Å². The van der Waals surface area contributed by atoms with Crippen LogP contribution in [0.5, 0.6) is 0 Å². The Morgan fingerprint density at radius 3 is 2.77 bits per heavy atom. The Bertz CT molecular complexity index is 599. The molecular weight excluding hydrogens is 324 g/mol. The first-order valence-corrected chi connectivity index (χ1v) is 10.0. The molecule has 1 amide bonds. The number of rotatable bonds is 9. The Morgan fingerprint density at radius 1 is 1.23 bits per heavy atom. The van der Waals surface area contributed by atoms with Gasteiger partial charge in [-0.15, -0.1) is 0 Å². The lowest BCUT2D eigenvalue weighted by Crippen LogP contribution is -2.42.